The van der Waals surface area contributed by atoms with Gasteiger partial charge >= 0.3 is 19.0 Å². The summed E-state index contributed by atoms with van der Waals surface area (Å²) in [5.41, 5.74) is 0. The third-order valence-corrected chi connectivity index (χ3v) is 6.96. The van der Waals surface area contributed by atoms with Crippen LogP contribution >= 0.6 is 38.4 Å². The first-order valence-corrected chi connectivity index (χ1v) is 6.33. The predicted octanol–water partition coefficient (Wildman–Crippen LogP) is 1.08. The highest BCUT2D eigenvalue weighted by atomic mass is 35.5. The maximum absolute atomic E-state index is 10.8. The maximum atomic E-state index is 10.8. The van der Waals surface area contributed by atoms with Crippen molar-refractivity contribution >= 4 is 38.4 Å². The van der Waals surface area contributed by atoms with Gasteiger partial charge in [0.1, 0.15) is 0 Å². The second kappa shape index (κ2) is 3.56. The van der Waals surface area contributed by atoms with Crippen LogP contribution in [0.2, 0.25) is 0 Å². The van der Waals surface area contributed by atoms with E-state index in [1.54, 1.807) is 0 Å². The number of alkyl halides is 2. The van der Waals surface area contributed by atoms with E-state index in [9.17, 15) is 9.13 Å². The fourth-order valence-electron chi connectivity index (χ4n) is 0.274. The van der Waals surface area contributed by atoms with Gasteiger partial charge in [0, 0.05) is 7.11 Å². The van der Waals surface area contributed by atoms with Crippen molar-refractivity contribution in [3.05, 3.63) is 0 Å². The molecule has 1 unspecified atom stereocenters. The van der Waals surface area contributed by atoms with Gasteiger partial charge in [0.25, 0.3) is 0 Å². The summed E-state index contributed by atoms with van der Waals surface area (Å²) in [6.07, 6.45) is 0. The zero-order valence-corrected chi connectivity index (χ0v) is 9.02. The van der Waals surface area contributed by atoms with Crippen LogP contribution < -0.4 is 0 Å². The lowest BCUT2D eigenvalue weighted by molar-refractivity contribution is 0.306. The zero-order chi connectivity index (χ0) is 10.2. The highest BCUT2D eigenvalue weighted by Crippen LogP contribution is 2.75. The molecule has 0 saturated carbocycles. The molecule has 74 valence electrons. The van der Waals surface area contributed by atoms with Gasteiger partial charge in [-0.3, -0.25) is 9.13 Å². The number of hydrogen-bond donors (Lipinski definition) is 3. The Hall–Kier alpha value is 0.880. The van der Waals surface area contributed by atoms with Crippen molar-refractivity contribution in [2.24, 2.45) is 0 Å². The smallest absolute Gasteiger partial charge is 0.322 e. The van der Waals surface area contributed by atoms with E-state index >= 15 is 0 Å². The Bertz CT molecular complexity index is 256. The van der Waals surface area contributed by atoms with Crippen LogP contribution in [0.25, 0.3) is 0 Å². The molecular weight excluding hydrogens is 253 g/mol. The highest BCUT2D eigenvalue weighted by molar-refractivity contribution is 7.78. The van der Waals surface area contributed by atoms with E-state index in [1.807, 2.05) is 0 Å². The summed E-state index contributed by atoms with van der Waals surface area (Å²) in [6, 6.07) is 0. The molecule has 0 aromatic heterocycles. The average Bonchev–Trinajstić information content (AvgIpc) is 1.85. The van der Waals surface area contributed by atoms with Crippen LogP contribution in [0.1, 0.15) is 0 Å². The Morgan fingerprint density at radius 1 is 1.25 bits per heavy atom. The van der Waals surface area contributed by atoms with Crippen molar-refractivity contribution < 1.29 is 28.3 Å². The van der Waals surface area contributed by atoms with Gasteiger partial charge in [0.15, 0.2) is 0 Å². The van der Waals surface area contributed by atoms with Crippen molar-refractivity contribution in [2.45, 2.75) is 3.82 Å². The first-order valence-electron chi connectivity index (χ1n) is 2.38. The van der Waals surface area contributed by atoms with E-state index in [0.717, 1.165) is 7.11 Å². The SMILES string of the molecule is COP(=O)(O)C(Cl)(Cl)P(=O)(O)O. The molecule has 0 fully saturated rings. The highest BCUT2D eigenvalue weighted by Gasteiger charge is 2.59. The van der Waals surface area contributed by atoms with Crippen molar-refractivity contribution in [3.8, 4) is 0 Å². The topological polar surface area (TPSA) is 104 Å². The molecule has 0 radical (unpaired) electrons. The minimum atomic E-state index is -5.11. The average molecular weight is 259 g/mol. The van der Waals surface area contributed by atoms with Crippen LogP contribution in [0.15, 0.2) is 0 Å². The monoisotopic (exact) mass is 258 g/mol. The third kappa shape index (κ3) is 2.22. The molecule has 0 bridgehead atoms. The lowest BCUT2D eigenvalue weighted by Gasteiger charge is -2.23. The van der Waals surface area contributed by atoms with Crippen LogP contribution in [0.4, 0.5) is 0 Å². The molecule has 0 aliphatic heterocycles. The molecule has 6 nitrogen and oxygen atoms in total. The van der Waals surface area contributed by atoms with Gasteiger partial charge in [-0.2, -0.15) is 0 Å². The van der Waals surface area contributed by atoms with Gasteiger partial charge in [0.05, 0.1) is 0 Å². The molecule has 0 aliphatic rings. The third-order valence-electron chi connectivity index (χ3n) is 0.938. The summed E-state index contributed by atoms with van der Waals surface area (Å²) in [5, 5.41) is 0. The lowest BCUT2D eigenvalue weighted by atomic mass is 11.8. The van der Waals surface area contributed by atoms with Crippen molar-refractivity contribution in [3.63, 3.8) is 0 Å². The number of halogens is 2. The fourth-order valence-corrected chi connectivity index (χ4v) is 2.47. The van der Waals surface area contributed by atoms with Crippen LogP contribution in [0.3, 0.4) is 0 Å². The van der Waals surface area contributed by atoms with E-state index in [1.165, 1.54) is 0 Å². The molecule has 0 rings (SSSR count). The van der Waals surface area contributed by atoms with Crippen molar-refractivity contribution in [1.29, 1.82) is 0 Å². The Morgan fingerprint density at radius 3 is 1.67 bits per heavy atom. The molecule has 1 atom stereocenters. The first-order chi connectivity index (χ1) is 5.06. The molecule has 0 heterocycles. The summed E-state index contributed by atoms with van der Waals surface area (Å²) in [4.78, 5) is 25.7. The van der Waals surface area contributed by atoms with Gasteiger partial charge in [0.2, 0.25) is 0 Å². The normalized spacial score (nSPS) is 18.8. The standard InChI is InChI=1S/C2H6Cl2O6P2/c1-10-12(8,9)2(3,4)11(5,6)7/h1H3,(H,8,9)(H2,5,6,7). The van der Waals surface area contributed by atoms with Crippen LogP contribution in [-0.2, 0) is 13.7 Å². The maximum Gasteiger partial charge on any atom is 0.376 e. The molecule has 12 heavy (non-hydrogen) atoms. The van der Waals surface area contributed by atoms with Gasteiger partial charge in [-0.25, -0.2) is 0 Å². The molecule has 0 amide bonds. The van der Waals surface area contributed by atoms with Gasteiger partial charge in [-0.15, -0.1) is 0 Å². The Labute approximate surface area is 78.1 Å². The zero-order valence-electron chi connectivity index (χ0n) is 5.72. The molecule has 0 saturated heterocycles. The van der Waals surface area contributed by atoms with Gasteiger partial charge in [-0.1, -0.05) is 23.2 Å². The Kier molecular flexibility index (Phi) is 3.82. The second-order valence-electron chi connectivity index (χ2n) is 1.76. The molecule has 0 spiro atoms. The Morgan fingerprint density at radius 2 is 1.58 bits per heavy atom. The summed E-state index contributed by atoms with van der Waals surface area (Å²) >= 11 is 9.94. The Balaban J connectivity index is 5.14. The van der Waals surface area contributed by atoms with Crippen molar-refractivity contribution in [2.75, 3.05) is 7.11 Å². The van der Waals surface area contributed by atoms with Crippen molar-refractivity contribution in [1.82, 2.24) is 0 Å². The number of rotatable bonds is 3. The molecule has 3 N–H and O–H groups in total. The minimum Gasteiger partial charge on any atom is -0.322 e. The summed E-state index contributed by atoms with van der Waals surface area (Å²) in [7, 11) is -9.08. The van der Waals surface area contributed by atoms with Crippen LogP contribution in [0, 0.1) is 0 Å². The summed E-state index contributed by atoms with van der Waals surface area (Å²) in [6.45, 7) is 0. The van der Waals surface area contributed by atoms with E-state index in [-0.39, 0.29) is 0 Å². The molecule has 0 aromatic carbocycles. The largest absolute Gasteiger partial charge is 0.376 e. The molecule has 0 aromatic rings. The van der Waals surface area contributed by atoms with Crippen LogP contribution in [0.5, 0.6) is 0 Å². The fraction of sp³-hybridized carbons (Fsp3) is 1.00. The summed E-state index contributed by atoms with van der Waals surface area (Å²) < 4.78 is 22.1. The quantitative estimate of drug-likeness (QED) is 0.517. The lowest BCUT2D eigenvalue weighted by Crippen LogP contribution is -2.14. The van der Waals surface area contributed by atoms with E-state index < -0.39 is 19.0 Å². The minimum absolute atomic E-state index is 0.760. The van der Waals surface area contributed by atoms with Gasteiger partial charge in [-0.05, 0) is 0 Å². The molecule has 0 aliphatic carbocycles. The van der Waals surface area contributed by atoms with Crippen LogP contribution in [-0.4, -0.2) is 25.6 Å². The van der Waals surface area contributed by atoms with Gasteiger partial charge < -0.3 is 19.2 Å². The second-order valence-corrected chi connectivity index (χ2v) is 8.33. The molecule has 10 heteroatoms. The predicted molar refractivity (Wildman–Crippen MR) is 43.3 cm³/mol. The number of hydrogen-bond acceptors (Lipinski definition) is 3. The van der Waals surface area contributed by atoms with E-state index in [2.05, 4.69) is 4.52 Å². The summed E-state index contributed by atoms with van der Waals surface area (Å²) in [5.74, 6) is 0. The first kappa shape index (κ1) is 12.9. The molecular formula is C2H6Cl2O6P2. The van der Waals surface area contributed by atoms with E-state index in [4.69, 9.17) is 37.9 Å². The van der Waals surface area contributed by atoms with E-state index in [0.29, 0.717) is 0 Å².